The molecular weight excluding hydrogens is 483 g/mol. The number of nitrogens with zero attached hydrogens (tertiary/aromatic N) is 1. The maximum Gasteiger partial charge on any atom is 0.259 e. The van der Waals surface area contributed by atoms with Crippen LogP contribution in [0, 0.1) is 0 Å². The molecule has 1 fully saturated rings. The smallest absolute Gasteiger partial charge is 0.259 e. The van der Waals surface area contributed by atoms with Crippen molar-refractivity contribution in [1.82, 2.24) is 10.3 Å². The van der Waals surface area contributed by atoms with E-state index in [2.05, 4.69) is 16.4 Å². The third-order valence-corrected chi connectivity index (χ3v) is 7.06. The Kier molecular flexibility index (Phi) is 6.65. The quantitative estimate of drug-likeness (QED) is 0.367. The molecule has 1 aliphatic carbocycles. The maximum atomic E-state index is 13.5. The molecule has 1 aliphatic heterocycles. The average Bonchev–Trinajstić information content (AvgIpc) is 3.65. The second kappa shape index (κ2) is 9.71. The first-order valence-corrected chi connectivity index (χ1v) is 12.8. The number of hydrogen-bond donors (Lipinski definition) is 1. The van der Waals surface area contributed by atoms with Crippen LogP contribution in [0.1, 0.15) is 66.2 Å². The number of fused-ring (bicyclic) bond motifs is 1. The molecule has 1 N–H and O–H groups in total. The Bertz CT molecular complexity index is 1270. The summed E-state index contributed by atoms with van der Waals surface area (Å²) >= 11 is 12.3. The fraction of sp³-hybridized carbons (Fsp3) is 0.357. The van der Waals surface area contributed by atoms with Gasteiger partial charge in [-0.05, 0) is 87.3 Å². The second-order valence-corrected chi connectivity index (χ2v) is 10.7. The van der Waals surface area contributed by atoms with Crippen molar-refractivity contribution in [1.29, 1.82) is 0 Å². The van der Waals surface area contributed by atoms with Crippen molar-refractivity contribution in [2.75, 3.05) is 6.54 Å². The Morgan fingerprint density at radius 3 is 2.80 bits per heavy atom. The van der Waals surface area contributed by atoms with Gasteiger partial charge in [-0.15, -0.1) is 0 Å². The zero-order valence-electron chi connectivity index (χ0n) is 19.9. The van der Waals surface area contributed by atoms with Crippen molar-refractivity contribution >= 4 is 29.1 Å². The molecule has 0 saturated heterocycles. The fourth-order valence-electron chi connectivity index (χ4n) is 4.34. The van der Waals surface area contributed by atoms with Crippen molar-refractivity contribution < 1.29 is 14.3 Å². The number of pyridine rings is 1. The van der Waals surface area contributed by atoms with E-state index < -0.39 is 5.60 Å². The molecule has 0 spiro atoms. The lowest BCUT2D eigenvalue weighted by Gasteiger charge is -2.33. The standard InChI is InChI=1S/C28H28Cl2N2O3/c1-28(2)12-10-23-26(35-28)25(27(33)31-13-11-18-8-9-20(29)15-22(18)30)24(16-32-23)34-21-5-3-4-19(14-21)17-6-7-17/h3-5,8-9,14-17H,6-7,10-13H2,1-2H3,(H,31,33). The normalized spacial score (nSPS) is 16.2. The average molecular weight is 511 g/mol. The van der Waals surface area contributed by atoms with Crippen molar-refractivity contribution in [2.45, 2.75) is 57.5 Å². The Morgan fingerprint density at radius 2 is 2.03 bits per heavy atom. The number of nitrogens with one attached hydrogen (secondary N) is 1. The molecule has 1 amide bonds. The third kappa shape index (κ3) is 5.57. The lowest BCUT2D eigenvalue weighted by atomic mass is 9.95. The molecule has 2 heterocycles. The van der Waals surface area contributed by atoms with Gasteiger partial charge in [0.15, 0.2) is 11.5 Å². The van der Waals surface area contributed by atoms with Gasteiger partial charge in [-0.2, -0.15) is 0 Å². The minimum absolute atomic E-state index is 0.264. The summed E-state index contributed by atoms with van der Waals surface area (Å²) in [6.45, 7) is 4.44. The SMILES string of the molecule is CC1(C)CCc2ncc(Oc3cccc(C4CC4)c3)c(C(=O)NCCc3ccc(Cl)cc3Cl)c2O1. The Morgan fingerprint density at radius 1 is 1.20 bits per heavy atom. The fourth-order valence-corrected chi connectivity index (χ4v) is 4.85. The van der Waals surface area contributed by atoms with Crippen molar-refractivity contribution in [3.05, 3.63) is 81.1 Å². The highest BCUT2D eigenvalue weighted by Gasteiger charge is 2.33. The van der Waals surface area contributed by atoms with Gasteiger partial charge in [0.25, 0.3) is 5.91 Å². The number of carbonyl (C=O) groups excluding carboxylic acids is 1. The Labute approximate surface area is 215 Å². The lowest BCUT2D eigenvalue weighted by Crippen LogP contribution is -2.35. The van der Waals surface area contributed by atoms with Crippen LogP contribution in [0.25, 0.3) is 0 Å². The first-order valence-electron chi connectivity index (χ1n) is 12.0. The summed E-state index contributed by atoms with van der Waals surface area (Å²) in [7, 11) is 0. The van der Waals surface area contributed by atoms with Crippen LogP contribution < -0.4 is 14.8 Å². The molecule has 2 aromatic carbocycles. The van der Waals surface area contributed by atoms with Gasteiger partial charge in [-0.1, -0.05) is 41.4 Å². The number of rotatable bonds is 7. The van der Waals surface area contributed by atoms with Gasteiger partial charge < -0.3 is 14.8 Å². The van der Waals surface area contributed by atoms with Crippen LogP contribution in [0.2, 0.25) is 10.0 Å². The van der Waals surface area contributed by atoms with Crippen LogP contribution in [0.3, 0.4) is 0 Å². The molecule has 35 heavy (non-hydrogen) atoms. The molecule has 1 saturated carbocycles. The predicted molar refractivity (Wildman–Crippen MR) is 138 cm³/mol. The molecule has 7 heteroatoms. The van der Waals surface area contributed by atoms with E-state index in [4.69, 9.17) is 32.7 Å². The molecule has 0 unspecified atom stereocenters. The van der Waals surface area contributed by atoms with Gasteiger partial charge in [0.05, 0.1) is 11.9 Å². The van der Waals surface area contributed by atoms with Crippen LogP contribution in [0.15, 0.2) is 48.7 Å². The minimum Gasteiger partial charge on any atom is -0.485 e. The van der Waals surface area contributed by atoms with E-state index in [1.165, 1.54) is 18.4 Å². The van der Waals surface area contributed by atoms with Crippen LogP contribution in [0.4, 0.5) is 0 Å². The number of aromatic nitrogens is 1. The van der Waals surface area contributed by atoms with Crippen molar-refractivity contribution in [3.8, 4) is 17.2 Å². The number of benzene rings is 2. The Balaban J connectivity index is 1.41. The van der Waals surface area contributed by atoms with E-state index in [-0.39, 0.29) is 5.91 Å². The van der Waals surface area contributed by atoms with Crippen LogP contribution in [0.5, 0.6) is 17.2 Å². The van der Waals surface area contributed by atoms with E-state index in [0.717, 1.165) is 24.1 Å². The minimum atomic E-state index is -0.398. The first kappa shape index (κ1) is 24.0. The van der Waals surface area contributed by atoms with E-state index in [1.54, 1.807) is 18.3 Å². The molecule has 2 aliphatic rings. The lowest BCUT2D eigenvalue weighted by molar-refractivity contribution is 0.0776. The van der Waals surface area contributed by atoms with Crippen LogP contribution >= 0.6 is 23.2 Å². The van der Waals surface area contributed by atoms with Gasteiger partial charge in [0.2, 0.25) is 0 Å². The summed E-state index contributed by atoms with van der Waals surface area (Å²) in [5, 5.41) is 4.18. The highest BCUT2D eigenvalue weighted by molar-refractivity contribution is 6.35. The first-order chi connectivity index (χ1) is 16.8. The van der Waals surface area contributed by atoms with E-state index in [1.807, 2.05) is 38.1 Å². The van der Waals surface area contributed by atoms with Crippen molar-refractivity contribution in [2.24, 2.45) is 0 Å². The van der Waals surface area contributed by atoms with Crippen LogP contribution in [-0.2, 0) is 12.8 Å². The van der Waals surface area contributed by atoms with Crippen molar-refractivity contribution in [3.63, 3.8) is 0 Å². The second-order valence-electron chi connectivity index (χ2n) is 9.83. The largest absolute Gasteiger partial charge is 0.485 e. The number of amides is 1. The molecule has 0 atom stereocenters. The van der Waals surface area contributed by atoms with Gasteiger partial charge in [-0.3, -0.25) is 9.78 Å². The number of halogens is 2. The predicted octanol–water partition coefficient (Wildman–Crippen LogP) is 7.13. The van der Waals surface area contributed by atoms with Gasteiger partial charge >= 0.3 is 0 Å². The molecule has 182 valence electrons. The zero-order valence-corrected chi connectivity index (χ0v) is 21.4. The van der Waals surface area contributed by atoms with Crippen LogP contribution in [-0.4, -0.2) is 23.0 Å². The third-order valence-electron chi connectivity index (χ3n) is 6.47. The summed E-state index contributed by atoms with van der Waals surface area (Å²) in [5.74, 6) is 1.91. The van der Waals surface area contributed by atoms with Gasteiger partial charge in [0, 0.05) is 16.6 Å². The summed E-state index contributed by atoms with van der Waals surface area (Å²) < 4.78 is 12.5. The number of ether oxygens (including phenoxy) is 2. The summed E-state index contributed by atoms with van der Waals surface area (Å²) in [5.41, 5.74) is 2.93. The molecule has 1 aromatic heterocycles. The van der Waals surface area contributed by atoms with E-state index in [0.29, 0.717) is 51.7 Å². The maximum absolute atomic E-state index is 13.5. The zero-order chi connectivity index (χ0) is 24.6. The summed E-state index contributed by atoms with van der Waals surface area (Å²) in [6.07, 6.45) is 6.18. The molecule has 0 radical (unpaired) electrons. The Hall–Kier alpha value is -2.76. The molecule has 5 rings (SSSR count). The molecular formula is C28H28Cl2N2O3. The van der Waals surface area contributed by atoms with E-state index >= 15 is 0 Å². The highest BCUT2D eigenvalue weighted by atomic mass is 35.5. The molecule has 5 nitrogen and oxygen atoms in total. The monoisotopic (exact) mass is 510 g/mol. The summed E-state index contributed by atoms with van der Waals surface area (Å²) in [6, 6.07) is 13.4. The van der Waals surface area contributed by atoms with Gasteiger partial charge in [0.1, 0.15) is 16.9 Å². The van der Waals surface area contributed by atoms with E-state index in [9.17, 15) is 4.79 Å². The summed E-state index contributed by atoms with van der Waals surface area (Å²) in [4.78, 5) is 18.1. The number of hydrogen-bond acceptors (Lipinski definition) is 4. The molecule has 3 aromatic rings. The highest BCUT2D eigenvalue weighted by Crippen LogP contribution is 2.43. The topological polar surface area (TPSA) is 60.5 Å². The molecule has 0 bridgehead atoms. The number of aryl methyl sites for hydroxylation is 1. The number of carbonyl (C=O) groups is 1. The van der Waals surface area contributed by atoms with Gasteiger partial charge in [-0.25, -0.2) is 0 Å².